The summed E-state index contributed by atoms with van der Waals surface area (Å²) in [7, 11) is 0. The molecule has 2 aromatic rings. The Balaban J connectivity index is 1.49. The molecule has 1 aliphatic rings. The molecule has 0 radical (unpaired) electrons. The molecule has 1 atom stereocenters. The zero-order chi connectivity index (χ0) is 16.1. The first kappa shape index (κ1) is 16.3. The standard InChI is InChI=1S/C18H19BrO4/c19-15-6-4-14-10-16(7-5-13(14)9-15)22-12-18(20)23-11-17-3-1-2-8-21-17/h4-7,9-10,17H,1-3,8,11-12H2. The Morgan fingerprint density at radius 2 is 2.00 bits per heavy atom. The quantitative estimate of drug-likeness (QED) is 0.734. The normalized spacial score (nSPS) is 17.9. The highest BCUT2D eigenvalue weighted by Crippen LogP contribution is 2.24. The van der Waals surface area contributed by atoms with Gasteiger partial charge in [-0.05, 0) is 54.3 Å². The second-order valence-electron chi connectivity index (χ2n) is 5.61. The molecule has 1 fully saturated rings. The van der Waals surface area contributed by atoms with Crippen molar-refractivity contribution in [3.05, 3.63) is 40.9 Å². The molecule has 3 rings (SSSR count). The zero-order valence-corrected chi connectivity index (χ0v) is 14.4. The van der Waals surface area contributed by atoms with E-state index in [-0.39, 0.29) is 18.7 Å². The van der Waals surface area contributed by atoms with E-state index in [2.05, 4.69) is 15.9 Å². The summed E-state index contributed by atoms with van der Waals surface area (Å²) in [5.74, 6) is 0.292. The minimum absolute atomic E-state index is 0.0341. The number of carbonyl (C=O) groups is 1. The third-order valence-electron chi connectivity index (χ3n) is 3.83. The summed E-state index contributed by atoms with van der Waals surface area (Å²) in [5.41, 5.74) is 0. The molecule has 0 bridgehead atoms. The predicted octanol–water partition coefficient (Wildman–Crippen LogP) is 4.09. The number of ether oxygens (including phenoxy) is 3. The number of benzene rings is 2. The van der Waals surface area contributed by atoms with E-state index in [1.807, 2.05) is 36.4 Å². The molecular formula is C18H19BrO4. The van der Waals surface area contributed by atoms with E-state index in [9.17, 15) is 4.79 Å². The van der Waals surface area contributed by atoms with Crippen molar-refractivity contribution in [3.63, 3.8) is 0 Å². The average Bonchev–Trinajstić information content (AvgIpc) is 2.59. The van der Waals surface area contributed by atoms with Crippen molar-refractivity contribution in [2.24, 2.45) is 0 Å². The van der Waals surface area contributed by atoms with Gasteiger partial charge < -0.3 is 14.2 Å². The molecule has 0 amide bonds. The van der Waals surface area contributed by atoms with Gasteiger partial charge in [0.05, 0.1) is 6.10 Å². The molecule has 23 heavy (non-hydrogen) atoms. The summed E-state index contributed by atoms with van der Waals surface area (Å²) in [4.78, 5) is 11.8. The summed E-state index contributed by atoms with van der Waals surface area (Å²) >= 11 is 3.45. The first-order chi connectivity index (χ1) is 11.2. The van der Waals surface area contributed by atoms with E-state index in [1.54, 1.807) is 0 Å². The number of carbonyl (C=O) groups excluding carboxylic acids is 1. The number of rotatable bonds is 5. The van der Waals surface area contributed by atoms with Crippen molar-refractivity contribution in [1.29, 1.82) is 0 Å². The lowest BCUT2D eigenvalue weighted by Crippen LogP contribution is -2.27. The maximum Gasteiger partial charge on any atom is 0.344 e. The van der Waals surface area contributed by atoms with E-state index in [0.29, 0.717) is 12.4 Å². The average molecular weight is 379 g/mol. The molecule has 122 valence electrons. The Hall–Kier alpha value is -1.59. The molecule has 1 saturated heterocycles. The highest BCUT2D eigenvalue weighted by atomic mass is 79.9. The van der Waals surface area contributed by atoms with E-state index in [4.69, 9.17) is 14.2 Å². The fraction of sp³-hybridized carbons (Fsp3) is 0.389. The molecule has 2 aromatic carbocycles. The van der Waals surface area contributed by atoms with Crippen LogP contribution in [0.2, 0.25) is 0 Å². The molecule has 0 N–H and O–H groups in total. The van der Waals surface area contributed by atoms with Crippen LogP contribution < -0.4 is 4.74 Å². The van der Waals surface area contributed by atoms with E-state index in [0.717, 1.165) is 41.1 Å². The lowest BCUT2D eigenvalue weighted by atomic mass is 10.1. The van der Waals surface area contributed by atoms with Gasteiger partial charge >= 0.3 is 5.97 Å². The SMILES string of the molecule is O=C(COc1ccc2cc(Br)ccc2c1)OCC1CCCCO1. The lowest BCUT2D eigenvalue weighted by Gasteiger charge is -2.22. The number of hydrogen-bond donors (Lipinski definition) is 0. The summed E-state index contributed by atoms with van der Waals surface area (Å²) in [6.07, 6.45) is 3.21. The first-order valence-corrected chi connectivity index (χ1v) is 8.59. The van der Waals surface area contributed by atoms with Gasteiger partial charge in [-0.15, -0.1) is 0 Å². The van der Waals surface area contributed by atoms with E-state index < -0.39 is 0 Å². The summed E-state index contributed by atoms with van der Waals surface area (Å²) in [6.45, 7) is 0.981. The molecule has 0 aromatic heterocycles. The number of esters is 1. The van der Waals surface area contributed by atoms with Crippen molar-refractivity contribution in [1.82, 2.24) is 0 Å². The van der Waals surface area contributed by atoms with Crippen molar-refractivity contribution >= 4 is 32.7 Å². The van der Waals surface area contributed by atoms with Crippen LogP contribution in [0.3, 0.4) is 0 Å². The minimum atomic E-state index is -0.366. The van der Waals surface area contributed by atoms with Crippen LogP contribution >= 0.6 is 15.9 Å². The van der Waals surface area contributed by atoms with Crippen molar-refractivity contribution in [2.45, 2.75) is 25.4 Å². The third kappa shape index (κ3) is 4.69. The van der Waals surface area contributed by atoms with Crippen molar-refractivity contribution in [2.75, 3.05) is 19.8 Å². The first-order valence-electron chi connectivity index (χ1n) is 7.80. The van der Waals surface area contributed by atoms with Crippen LogP contribution in [-0.4, -0.2) is 31.9 Å². The predicted molar refractivity (Wildman–Crippen MR) is 91.7 cm³/mol. The summed E-state index contributed by atoms with van der Waals surface area (Å²) in [5, 5.41) is 2.18. The van der Waals surface area contributed by atoms with Gasteiger partial charge in [-0.3, -0.25) is 0 Å². The van der Waals surface area contributed by atoms with Crippen LogP contribution in [0.5, 0.6) is 5.75 Å². The second-order valence-corrected chi connectivity index (χ2v) is 6.53. The third-order valence-corrected chi connectivity index (χ3v) is 4.33. The molecule has 1 unspecified atom stereocenters. The zero-order valence-electron chi connectivity index (χ0n) is 12.8. The van der Waals surface area contributed by atoms with Crippen LogP contribution in [0.15, 0.2) is 40.9 Å². The maximum atomic E-state index is 11.8. The van der Waals surface area contributed by atoms with E-state index >= 15 is 0 Å². The van der Waals surface area contributed by atoms with Crippen LogP contribution in [0.1, 0.15) is 19.3 Å². The topological polar surface area (TPSA) is 44.8 Å². The van der Waals surface area contributed by atoms with Crippen molar-refractivity contribution in [3.8, 4) is 5.75 Å². The largest absolute Gasteiger partial charge is 0.482 e. The number of hydrogen-bond acceptors (Lipinski definition) is 4. The summed E-state index contributed by atoms with van der Waals surface area (Å²) < 4.78 is 17.3. The summed E-state index contributed by atoms with van der Waals surface area (Å²) in [6, 6.07) is 11.8. The highest BCUT2D eigenvalue weighted by Gasteiger charge is 2.16. The Labute approximate surface area is 143 Å². The molecule has 0 spiro atoms. The fourth-order valence-corrected chi connectivity index (χ4v) is 2.97. The molecule has 1 heterocycles. The Morgan fingerprint density at radius 1 is 1.17 bits per heavy atom. The van der Waals surface area contributed by atoms with Gasteiger partial charge in [0.1, 0.15) is 12.4 Å². The van der Waals surface area contributed by atoms with Gasteiger partial charge in [0, 0.05) is 11.1 Å². The van der Waals surface area contributed by atoms with Gasteiger partial charge in [0.25, 0.3) is 0 Å². The molecular weight excluding hydrogens is 360 g/mol. The number of halogens is 1. The smallest absolute Gasteiger partial charge is 0.344 e. The van der Waals surface area contributed by atoms with Gasteiger partial charge in [-0.25, -0.2) is 4.79 Å². The Bertz CT molecular complexity index is 680. The van der Waals surface area contributed by atoms with Gasteiger partial charge in [0.15, 0.2) is 6.61 Å². The monoisotopic (exact) mass is 378 g/mol. The highest BCUT2D eigenvalue weighted by molar-refractivity contribution is 9.10. The molecule has 0 aliphatic carbocycles. The van der Waals surface area contributed by atoms with Crippen LogP contribution in [0.25, 0.3) is 10.8 Å². The van der Waals surface area contributed by atoms with Crippen LogP contribution in [0.4, 0.5) is 0 Å². The fourth-order valence-electron chi connectivity index (χ4n) is 2.59. The van der Waals surface area contributed by atoms with E-state index in [1.165, 1.54) is 0 Å². The molecule has 4 nitrogen and oxygen atoms in total. The van der Waals surface area contributed by atoms with Gasteiger partial charge in [-0.1, -0.05) is 28.1 Å². The van der Waals surface area contributed by atoms with Gasteiger partial charge in [0.2, 0.25) is 0 Å². The second kappa shape index (κ2) is 7.79. The minimum Gasteiger partial charge on any atom is -0.482 e. The maximum absolute atomic E-state index is 11.8. The molecule has 5 heteroatoms. The molecule has 0 saturated carbocycles. The van der Waals surface area contributed by atoms with Gasteiger partial charge in [-0.2, -0.15) is 0 Å². The van der Waals surface area contributed by atoms with Crippen LogP contribution in [0, 0.1) is 0 Å². The lowest BCUT2D eigenvalue weighted by molar-refractivity contribution is -0.151. The van der Waals surface area contributed by atoms with Crippen LogP contribution in [-0.2, 0) is 14.3 Å². The number of fused-ring (bicyclic) bond motifs is 1. The molecule has 1 aliphatic heterocycles. The Kier molecular flexibility index (Phi) is 5.51. The van der Waals surface area contributed by atoms with Crippen molar-refractivity contribution < 1.29 is 19.0 Å². The Morgan fingerprint density at radius 3 is 2.83 bits per heavy atom.